The average Bonchev–Trinajstić information content (AvgIpc) is 3.05. The van der Waals surface area contributed by atoms with Crippen LogP contribution in [0.5, 0.6) is 0 Å². The van der Waals surface area contributed by atoms with Crippen molar-refractivity contribution < 1.29 is 4.79 Å². The first kappa shape index (κ1) is 15.8. The Labute approximate surface area is 138 Å². The second kappa shape index (κ2) is 7.01. The molecule has 0 saturated heterocycles. The summed E-state index contributed by atoms with van der Waals surface area (Å²) < 4.78 is 2.30. The molecule has 3 rings (SSSR count). The molecule has 1 atom stereocenters. The smallest absolute Gasteiger partial charge is 0.236 e. The minimum atomic E-state index is 0.152. The maximum Gasteiger partial charge on any atom is 0.236 e. The molecule has 1 aromatic heterocycles. The summed E-state index contributed by atoms with van der Waals surface area (Å²) in [7, 11) is 0. The summed E-state index contributed by atoms with van der Waals surface area (Å²) in [6, 6.07) is 14.9. The van der Waals surface area contributed by atoms with E-state index in [4.69, 9.17) is 0 Å². The Balaban J connectivity index is 1.89. The van der Waals surface area contributed by atoms with Gasteiger partial charge in [0.2, 0.25) is 5.91 Å². The molecule has 1 aliphatic rings. The standard InChI is InChI=1S/C19H25N3O/c1-3-20(4-2)18(23)15-22-14-13-21-12-8-11-17(21)19(22)16-9-6-5-7-10-16/h5-12,19H,3-4,13-15H2,1-2H3. The fourth-order valence-electron chi connectivity index (χ4n) is 3.47. The molecule has 0 radical (unpaired) electrons. The third kappa shape index (κ3) is 3.17. The third-order valence-electron chi connectivity index (χ3n) is 4.71. The number of benzene rings is 1. The molecule has 2 aromatic rings. The molecule has 4 heteroatoms. The summed E-state index contributed by atoms with van der Waals surface area (Å²) in [4.78, 5) is 16.8. The number of hydrogen-bond donors (Lipinski definition) is 0. The van der Waals surface area contributed by atoms with E-state index in [1.165, 1.54) is 11.3 Å². The number of hydrogen-bond acceptors (Lipinski definition) is 2. The molecule has 0 spiro atoms. The van der Waals surface area contributed by atoms with Gasteiger partial charge in [0.1, 0.15) is 0 Å². The maximum absolute atomic E-state index is 12.6. The van der Waals surface area contributed by atoms with Crippen LogP contribution in [0.4, 0.5) is 0 Å². The van der Waals surface area contributed by atoms with Crippen molar-refractivity contribution in [3.63, 3.8) is 0 Å². The first-order valence-corrected chi connectivity index (χ1v) is 8.46. The highest BCUT2D eigenvalue weighted by Crippen LogP contribution is 2.32. The largest absolute Gasteiger partial charge is 0.348 e. The van der Waals surface area contributed by atoms with Gasteiger partial charge in [0, 0.05) is 38.1 Å². The number of carbonyl (C=O) groups is 1. The van der Waals surface area contributed by atoms with Crippen molar-refractivity contribution in [2.24, 2.45) is 0 Å². The zero-order valence-electron chi connectivity index (χ0n) is 14.0. The summed E-state index contributed by atoms with van der Waals surface area (Å²) in [5.41, 5.74) is 2.52. The number of rotatable bonds is 5. The van der Waals surface area contributed by atoms with E-state index in [1.807, 2.05) is 24.8 Å². The fraction of sp³-hybridized carbons (Fsp3) is 0.421. The van der Waals surface area contributed by atoms with Crippen molar-refractivity contribution in [3.05, 3.63) is 59.9 Å². The lowest BCUT2D eigenvalue weighted by Gasteiger charge is -2.37. The lowest BCUT2D eigenvalue weighted by molar-refractivity contribution is -0.132. The van der Waals surface area contributed by atoms with E-state index in [-0.39, 0.29) is 11.9 Å². The lowest BCUT2D eigenvalue weighted by atomic mass is 10.00. The minimum absolute atomic E-state index is 0.152. The summed E-state index contributed by atoms with van der Waals surface area (Å²) in [5.74, 6) is 0.218. The van der Waals surface area contributed by atoms with Crippen LogP contribution in [0.3, 0.4) is 0 Å². The van der Waals surface area contributed by atoms with Gasteiger partial charge in [-0.3, -0.25) is 9.69 Å². The van der Waals surface area contributed by atoms with Gasteiger partial charge in [-0.05, 0) is 31.5 Å². The normalized spacial score (nSPS) is 17.7. The van der Waals surface area contributed by atoms with Crippen LogP contribution in [0.1, 0.15) is 31.1 Å². The minimum Gasteiger partial charge on any atom is -0.348 e. The average molecular weight is 311 g/mol. The predicted octanol–water partition coefficient (Wildman–Crippen LogP) is 2.76. The summed E-state index contributed by atoms with van der Waals surface area (Å²) in [6.45, 7) is 7.94. The van der Waals surface area contributed by atoms with Crippen LogP contribution in [-0.2, 0) is 11.3 Å². The van der Waals surface area contributed by atoms with Crippen LogP contribution in [0, 0.1) is 0 Å². The Morgan fingerprint density at radius 3 is 2.52 bits per heavy atom. The van der Waals surface area contributed by atoms with E-state index in [0.29, 0.717) is 6.54 Å². The maximum atomic E-state index is 12.6. The van der Waals surface area contributed by atoms with Crippen molar-refractivity contribution in [3.8, 4) is 0 Å². The van der Waals surface area contributed by atoms with E-state index < -0.39 is 0 Å². The Hall–Kier alpha value is -2.07. The molecule has 0 N–H and O–H groups in total. The fourth-order valence-corrected chi connectivity index (χ4v) is 3.47. The number of fused-ring (bicyclic) bond motifs is 1. The molecule has 1 amide bonds. The molecule has 122 valence electrons. The van der Waals surface area contributed by atoms with Gasteiger partial charge in [0.15, 0.2) is 0 Å². The van der Waals surface area contributed by atoms with Crippen LogP contribution in [-0.4, -0.2) is 46.5 Å². The van der Waals surface area contributed by atoms with Gasteiger partial charge in [0.25, 0.3) is 0 Å². The molecule has 0 fully saturated rings. The van der Waals surface area contributed by atoms with Crippen molar-refractivity contribution in [1.29, 1.82) is 0 Å². The van der Waals surface area contributed by atoms with E-state index in [0.717, 1.165) is 26.2 Å². The lowest BCUT2D eigenvalue weighted by Crippen LogP contribution is -2.45. The predicted molar refractivity (Wildman–Crippen MR) is 92.2 cm³/mol. The number of nitrogens with zero attached hydrogens (tertiary/aromatic N) is 3. The van der Waals surface area contributed by atoms with Crippen molar-refractivity contribution in [2.75, 3.05) is 26.2 Å². The monoisotopic (exact) mass is 311 g/mol. The second-order valence-corrected chi connectivity index (χ2v) is 5.98. The second-order valence-electron chi connectivity index (χ2n) is 5.98. The van der Waals surface area contributed by atoms with Crippen LogP contribution >= 0.6 is 0 Å². The van der Waals surface area contributed by atoms with Crippen LogP contribution in [0.2, 0.25) is 0 Å². The number of aromatic nitrogens is 1. The molecule has 23 heavy (non-hydrogen) atoms. The van der Waals surface area contributed by atoms with E-state index in [2.05, 4.69) is 52.1 Å². The topological polar surface area (TPSA) is 28.5 Å². The van der Waals surface area contributed by atoms with E-state index in [1.54, 1.807) is 0 Å². The number of carbonyl (C=O) groups excluding carboxylic acids is 1. The Bertz CT molecular complexity index is 646. The van der Waals surface area contributed by atoms with Crippen molar-refractivity contribution in [1.82, 2.24) is 14.4 Å². The molecule has 2 heterocycles. The van der Waals surface area contributed by atoms with Gasteiger partial charge in [-0.15, -0.1) is 0 Å². The molecule has 0 aliphatic carbocycles. The Kier molecular flexibility index (Phi) is 4.82. The first-order valence-electron chi connectivity index (χ1n) is 8.46. The molecule has 4 nitrogen and oxygen atoms in total. The molecular formula is C19H25N3O. The Morgan fingerprint density at radius 1 is 1.09 bits per heavy atom. The first-order chi connectivity index (χ1) is 11.2. The van der Waals surface area contributed by atoms with Crippen LogP contribution < -0.4 is 0 Å². The van der Waals surface area contributed by atoms with E-state index >= 15 is 0 Å². The van der Waals surface area contributed by atoms with Gasteiger partial charge in [-0.2, -0.15) is 0 Å². The molecular weight excluding hydrogens is 286 g/mol. The highest BCUT2D eigenvalue weighted by molar-refractivity contribution is 5.78. The number of likely N-dealkylation sites (N-methyl/N-ethyl adjacent to an activating group) is 1. The van der Waals surface area contributed by atoms with Gasteiger partial charge in [-0.25, -0.2) is 0 Å². The third-order valence-corrected chi connectivity index (χ3v) is 4.71. The SMILES string of the molecule is CCN(CC)C(=O)CN1CCn2cccc2C1c1ccccc1. The summed E-state index contributed by atoms with van der Waals surface area (Å²) in [5, 5.41) is 0. The summed E-state index contributed by atoms with van der Waals surface area (Å²) >= 11 is 0. The van der Waals surface area contributed by atoms with Gasteiger partial charge >= 0.3 is 0 Å². The van der Waals surface area contributed by atoms with Crippen LogP contribution in [0.25, 0.3) is 0 Å². The van der Waals surface area contributed by atoms with Gasteiger partial charge < -0.3 is 9.47 Å². The molecule has 1 aliphatic heterocycles. The zero-order chi connectivity index (χ0) is 16.2. The number of amides is 1. The summed E-state index contributed by atoms with van der Waals surface area (Å²) in [6.07, 6.45) is 2.13. The van der Waals surface area contributed by atoms with E-state index in [9.17, 15) is 4.79 Å². The van der Waals surface area contributed by atoms with Crippen LogP contribution in [0.15, 0.2) is 48.7 Å². The Morgan fingerprint density at radius 2 is 1.83 bits per heavy atom. The zero-order valence-corrected chi connectivity index (χ0v) is 14.0. The quantitative estimate of drug-likeness (QED) is 0.849. The highest BCUT2D eigenvalue weighted by atomic mass is 16.2. The van der Waals surface area contributed by atoms with Crippen molar-refractivity contribution in [2.45, 2.75) is 26.4 Å². The van der Waals surface area contributed by atoms with Gasteiger partial charge in [0.05, 0.1) is 12.6 Å². The molecule has 1 aromatic carbocycles. The molecule has 0 saturated carbocycles. The molecule has 1 unspecified atom stereocenters. The molecule has 0 bridgehead atoms. The van der Waals surface area contributed by atoms with Crippen molar-refractivity contribution >= 4 is 5.91 Å². The highest BCUT2D eigenvalue weighted by Gasteiger charge is 2.30. The van der Waals surface area contributed by atoms with Gasteiger partial charge in [-0.1, -0.05) is 30.3 Å².